The number of rotatable bonds is 4. The van der Waals surface area contributed by atoms with Gasteiger partial charge in [-0.3, -0.25) is 9.59 Å². The van der Waals surface area contributed by atoms with Crippen LogP contribution in [0.5, 0.6) is 5.75 Å². The Kier molecular flexibility index (Phi) is 4.98. The monoisotopic (exact) mass is 343 g/mol. The molecule has 0 fully saturated rings. The fourth-order valence-corrected chi connectivity index (χ4v) is 1.97. The molecule has 1 heterocycles. The van der Waals surface area contributed by atoms with Gasteiger partial charge in [-0.05, 0) is 0 Å². The summed E-state index contributed by atoms with van der Waals surface area (Å²) in [7, 11) is 1.11. The Morgan fingerprint density at radius 2 is 2.05 bits per heavy atom. The Balaban J connectivity index is 3.25. The van der Waals surface area contributed by atoms with Gasteiger partial charge in [0.1, 0.15) is 5.75 Å². The molecule has 0 radical (unpaired) electrons. The molecule has 1 aromatic heterocycles. The van der Waals surface area contributed by atoms with Gasteiger partial charge in [-0.1, -0.05) is 15.9 Å². The summed E-state index contributed by atoms with van der Waals surface area (Å²) >= 11 is 2.96. The highest BCUT2D eigenvalue weighted by atomic mass is 79.9. The van der Waals surface area contributed by atoms with Crippen LogP contribution in [0.25, 0.3) is 0 Å². The molecule has 0 amide bonds. The first-order valence-electron chi connectivity index (χ1n) is 4.90. The number of methoxy groups -OCH3 is 1. The van der Waals surface area contributed by atoms with Crippen molar-refractivity contribution in [2.45, 2.75) is 18.1 Å². The number of nitrogens with one attached hydrogen (secondary N) is 1. The summed E-state index contributed by atoms with van der Waals surface area (Å²) in [6.45, 7) is 0. The van der Waals surface area contributed by atoms with Crippen LogP contribution in [0.4, 0.5) is 13.2 Å². The van der Waals surface area contributed by atoms with Gasteiger partial charge >= 0.3 is 12.3 Å². The standard InChI is InChI=1S/C10H9BrF3NO4/c1-18-8(16)2-5-6(3-11)7(4-15-9(5)17)19-10(12,13)14/h4H,2-3H2,1H3,(H,15,17). The maximum Gasteiger partial charge on any atom is 0.573 e. The molecule has 1 aromatic rings. The van der Waals surface area contributed by atoms with E-state index in [1.165, 1.54) is 0 Å². The van der Waals surface area contributed by atoms with Gasteiger partial charge in [-0.15, -0.1) is 13.2 Å². The van der Waals surface area contributed by atoms with Crippen molar-refractivity contribution in [3.8, 4) is 5.75 Å². The number of esters is 1. The first-order valence-corrected chi connectivity index (χ1v) is 6.02. The average Bonchev–Trinajstić information content (AvgIpc) is 2.31. The second-order valence-corrected chi connectivity index (χ2v) is 3.93. The number of hydrogen-bond donors (Lipinski definition) is 1. The molecular weight excluding hydrogens is 335 g/mol. The van der Waals surface area contributed by atoms with Gasteiger partial charge in [-0.25, -0.2) is 0 Å². The Hall–Kier alpha value is -1.51. The quantitative estimate of drug-likeness (QED) is 0.669. The molecule has 19 heavy (non-hydrogen) atoms. The third-order valence-corrected chi connectivity index (χ3v) is 2.74. The molecule has 5 nitrogen and oxygen atoms in total. The molecule has 9 heteroatoms. The molecule has 1 rings (SSSR count). The topological polar surface area (TPSA) is 68.4 Å². The van der Waals surface area contributed by atoms with Crippen LogP contribution in [0.1, 0.15) is 11.1 Å². The van der Waals surface area contributed by atoms with Crippen LogP contribution in [0, 0.1) is 0 Å². The predicted octanol–water partition coefficient (Wildman–Crippen LogP) is 1.88. The van der Waals surface area contributed by atoms with Gasteiger partial charge in [-0.2, -0.15) is 0 Å². The second kappa shape index (κ2) is 6.09. The lowest BCUT2D eigenvalue weighted by Gasteiger charge is -2.14. The molecule has 0 saturated heterocycles. The zero-order chi connectivity index (χ0) is 14.6. The molecule has 0 saturated carbocycles. The molecular formula is C10H9BrF3NO4. The first kappa shape index (κ1) is 15.5. The minimum absolute atomic E-state index is 0.0496. The number of hydrogen-bond acceptors (Lipinski definition) is 4. The zero-order valence-corrected chi connectivity index (χ0v) is 11.2. The fourth-order valence-electron chi connectivity index (χ4n) is 1.36. The maximum atomic E-state index is 12.2. The van der Waals surface area contributed by atoms with Crippen molar-refractivity contribution < 1.29 is 27.4 Å². The van der Waals surface area contributed by atoms with Crippen LogP contribution in [0.3, 0.4) is 0 Å². The summed E-state index contributed by atoms with van der Waals surface area (Å²) < 4.78 is 44.8. The third kappa shape index (κ3) is 4.27. The van der Waals surface area contributed by atoms with E-state index in [0.717, 1.165) is 13.3 Å². The van der Waals surface area contributed by atoms with E-state index in [0.29, 0.717) is 0 Å². The number of carbonyl (C=O) groups excluding carboxylic acids is 1. The summed E-state index contributed by atoms with van der Waals surface area (Å²) in [6, 6.07) is 0. The van der Waals surface area contributed by atoms with Crippen molar-refractivity contribution in [3.05, 3.63) is 27.7 Å². The molecule has 106 valence electrons. The number of carbonyl (C=O) groups is 1. The Bertz CT molecular complexity index is 526. The zero-order valence-electron chi connectivity index (χ0n) is 9.64. The highest BCUT2D eigenvalue weighted by Gasteiger charge is 2.33. The molecule has 0 spiro atoms. The Morgan fingerprint density at radius 3 is 2.53 bits per heavy atom. The van der Waals surface area contributed by atoms with E-state index in [-0.39, 0.29) is 16.5 Å². The number of aromatic nitrogens is 1. The van der Waals surface area contributed by atoms with E-state index in [1.54, 1.807) is 0 Å². The summed E-state index contributed by atoms with van der Waals surface area (Å²) in [6.07, 6.45) is -4.54. The molecule has 0 aliphatic rings. The molecule has 0 bridgehead atoms. The average molecular weight is 344 g/mol. The van der Waals surface area contributed by atoms with Crippen LogP contribution in [0.15, 0.2) is 11.0 Å². The highest BCUT2D eigenvalue weighted by molar-refractivity contribution is 9.08. The first-order chi connectivity index (χ1) is 8.78. The Labute approximate surface area is 113 Å². The normalized spacial score (nSPS) is 11.2. The van der Waals surface area contributed by atoms with Crippen molar-refractivity contribution >= 4 is 21.9 Å². The van der Waals surface area contributed by atoms with Crippen molar-refractivity contribution in [2.24, 2.45) is 0 Å². The minimum atomic E-state index is -4.89. The minimum Gasteiger partial charge on any atom is -0.469 e. The van der Waals surface area contributed by atoms with Gasteiger partial charge in [0.05, 0.1) is 13.5 Å². The van der Waals surface area contributed by atoms with E-state index in [2.05, 4.69) is 30.4 Å². The smallest absolute Gasteiger partial charge is 0.469 e. The SMILES string of the molecule is COC(=O)Cc1c(CBr)c(OC(F)(F)F)c[nH]c1=O. The van der Waals surface area contributed by atoms with Crippen molar-refractivity contribution in [3.63, 3.8) is 0 Å². The van der Waals surface area contributed by atoms with Crippen molar-refractivity contribution in [1.29, 1.82) is 0 Å². The second-order valence-electron chi connectivity index (χ2n) is 3.37. The van der Waals surface area contributed by atoms with Crippen molar-refractivity contribution in [1.82, 2.24) is 4.98 Å². The van der Waals surface area contributed by atoms with Gasteiger partial charge in [0.25, 0.3) is 5.56 Å². The van der Waals surface area contributed by atoms with Gasteiger partial charge in [0.2, 0.25) is 0 Å². The van der Waals surface area contributed by atoms with Crippen molar-refractivity contribution in [2.75, 3.05) is 7.11 Å². The van der Waals surface area contributed by atoms with E-state index >= 15 is 0 Å². The van der Waals surface area contributed by atoms with E-state index in [1.807, 2.05) is 0 Å². The number of ether oxygens (including phenoxy) is 2. The molecule has 0 atom stereocenters. The summed E-state index contributed by atoms with van der Waals surface area (Å²) in [5.41, 5.74) is -0.855. The van der Waals surface area contributed by atoms with Gasteiger partial charge in [0, 0.05) is 22.7 Å². The number of aromatic amines is 1. The maximum absolute atomic E-state index is 12.2. The summed E-state index contributed by atoms with van der Waals surface area (Å²) in [5, 5.41) is -0.0747. The van der Waals surface area contributed by atoms with E-state index in [9.17, 15) is 22.8 Å². The molecule has 1 N–H and O–H groups in total. The lowest BCUT2D eigenvalue weighted by Crippen LogP contribution is -2.23. The molecule has 0 aliphatic carbocycles. The largest absolute Gasteiger partial charge is 0.573 e. The van der Waals surface area contributed by atoms with Gasteiger partial charge in [0.15, 0.2) is 0 Å². The number of alkyl halides is 4. The van der Waals surface area contributed by atoms with Crippen LogP contribution < -0.4 is 10.3 Å². The molecule has 0 aliphatic heterocycles. The van der Waals surface area contributed by atoms with Crippen LogP contribution >= 0.6 is 15.9 Å². The highest BCUT2D eigenvalue weighted by Crippen LogP contribution is 2.28. The molecule has 0 unspecified atom stereocenters. The summed E-state index contributed by atoms with van der Waals surface area (Å²) in [5.74, 6) is -1.31. The number of pyridine rings is 1. The Morgan fingerprint density at radius 1 is 1.42 bits per heavy atom. The third-order valence-electron chi connectivity index (χ3n) is 2.18. The predicted molar refractivity (Wildman–Crippen MR) is 62.1 cm³/mol. The van der Waals surface area contributed by atoms with Gasteiger partial charge < -0.3 is 14.5 Å². The number of halogens is 4. The molecule has 0 aromatic carbocycles. The number of H-pyrrole nitrogens is 1. The van der Waals surface area contributed by atoms with E-state index in [4.69, 9.17) is 0 Å². The van der Waals surface area contributed by atoms with Crippen LogP contribution in [-0.4, -0.2) is 24.4 Å². The fraction of sp³-hybridized carbons (Fsp3) is 0.400. The summed E-state index contributed by atoms with van der Waals surface area (Å²) in [4.78, 5) is 24.8. The van der Waals surface area contributed by atoms with Crippen LogP contribution in [-0.2, 0) is 21.3 Å². The van der Waals surface area contributed by atoms with E-state index < -0.39 is 30.1 Å². The lowest BCUT2D eigenvalue weighted by molar-refractivity contribution is -0.275. The lowest BCUT2D eigenvalue weighted by atomic mass is 10.1. The van der Waals surface area contributed by atoms with Crippen LogP contribution in [0.2, 0.25) is 0 Å².